The third-order valence-electron chi connectivity index (χ3n) is 1.91. The molecule has 4 N–H and O–H groups in total. The van der Waals surface area contributed by atoms with Crippen LogP contribution < -0.4 is 11.1 Å². The zero-order valence-corrected chi connectivity index (χ0v) is 11.3. The van der Waals surface area contributed by atoms with Crippen LogP contribution in [0.1, 0.15) is 20.3 Å². The highest BCUT2D eigenvalue weighted by molar-refractivity contribution is 7.53. The smallest absolute Gasteiger partial charge is 0.344 e. The molecule has 0 fully saturated rings. The monoisotopic (exact) mass is 282 g/mol. The van der Waals surface area contributed by atoms with E-state index in [0.29, 0.717) is 0 Å². The van der Waals surface area contributed by atoms with E-state index in [2.05, 4.69) is 5.32 Å². The fourth-order valence-electron chi connectivity index (χ4n) is 1.19. The van der Waals surface area contributed by atoms with Crippen LogP contribution in [0, 0.1) is 0 Å². The van der Waals surface area contributed by atoms with Crippen LogP contribution in [0.15, 0.2) is 0 Å². The van der Waals surface area contributed by atoms with E-state index < -0.39 is 31.9 Å². The first-order valence-corrected chi connectivity index (χ1v) is 7.20. The quantitative estimate of drug-likeness (QED) is 0.486. The minimum atomic E-state index is -3.37. The Kier molecular flexibility index (Phi) is 7.77. The molecule has 0 bridgehead atoms. The molecule has 0 radical (unpaired) electrons. The van der Waals surface area contributed by atoms with Gasteiger partial charge in [0.25, 0.3) is 0 Å². The van der Waals surface area contributed by atoms with E-state index in [1.165, 1.54) is 0 Å². The van der Waals surface area contributed by atoms with Crippen LogP contribution in [0.3, 0.4) is 0 Å². The van der Waals surface area contributed by atoms with E-state index in [0.717, 1.165) is 0 Å². The van der Waals surface area contributed by atoms with Gasteiger partial charge in [-0.05, 0) is 13.8 Å². The van der Waals surface area contributed by atoms with E-state index >= 15 is 0 Å². The molecule has 0 saturated heterocycles. The molecule has 1 amide bonds. The van der Waals surface area contributed by atoms with Crippen LogP contribution in [0.25, 0.3) is 0 Å². The molecule has 0 aliphatic heterocycles. The fraction of sp³-hybridized carbons (Fsp3) is 0.778. The molecule has 0 saturated carbocycles. The molecule has 0 aromatic heterocycles. The van der Waals surface area contributed by atoms with Crippen LogP contribution in [0.5, 0.6) is 0 Å². The SMILES string of the molecule is CCOP(=O)(CN[C@@H](CC(=O)O)C(N)=O)OCC. The van der Waals surface area contributed by atoms with Crippen molar-refractivity contribution in [1.29, 1.82) is 0 Å². The molecule has 0 spiro atoms. The molecule has 0 unspecified atom stereocenters. The summed E-state index contributed by atoms with van der Waals surface area (Å²) in [6, 6.07) is -1.11. The van der Waals surface area contributed by atoms with Gasteiger partial charge in [-0.1, -0.05) is 0 Å². The molecule has 0 rings (SSSR count). The average Bonchev–Trinajstić information content (AvgIpc) is 2.24. The van der Waals surface area contributed by atoms with Crippen LogP contribution in [-0.4, -0.2) is 42.5 Å². The van der Waals surface area contributed by atoms with Crippen molar-refractivity contribution in [3.05, 3.63) is 0 Å². The van der Waals surface area contributed by atoms with Gasteiger partial charge in [0.05, 0.1) is 32.0 Å². The van der Waals surface area contributed by atoms with E-state index in [-0.39, 0.29) is 19.5 Å². The lowest BCUT2D eigenvalue weighted by Crippen LogP contribution is -2.43. The Morgan fingerprint density at radius 1 is 1.33 bits per heavy atom. The van der Waals surface area contributed by atoms with E-state index in [1.54, 1.807) is 13.8 Å². The minimum Gasteiger partial charge on any atom is -0.481 e. The Bertz CT molecular complexity index is 325. The van der Waals surface area contributed by atoms with Gasteiger partial charge in [0.2, 0.25) is 5.91 Å². The second-order valence-corrected chi connectivity index (χ2v) is 5.42. The number of amides is 1. The number of aliphatic carboxylic acids is 1. The average molecular weight is 282 g/mol. The summed E-state index contributed by atoms with van der Waals surface area (Å²) >= 11 is 0. The summed E-state index contributed by atoms with van der Waals surface area (Å²) in [5.74, 6) is -2.02. The van der Waals surface area contributed by atoms with Crippen LogP contribution in [0.2, 0.25) is 0 Å². The minimum absolute atomic E-state index is 0.180. The summed E-state index contributed by atoms with van der Waals surface area (Å²) in [5.41, 5.74) is 5.03. The zero-order valence-electron chi connectivity index (χ0n) is 10.4. The lowest BCUT2D eigenvalue weighted by atomic mass is 10.2. The molecule has 0 aliphatic carbocycles. The van der Waals surface area contributed by atoms with Gasteiger partial charge >= 0.3 is 13.6 Å². The standard InChI is InChI=1S/C9H19N2O6P/c1-3-16-18(15,17-4-2)6-11-7(9(10)14)5-8(12)13/h7,11H,3-6H2,1-2H3,(H2,10,14)(H,12,13)/t7-/m0/s1. The van der Waals surface area contributed by atoms with Gasteiger partial charge in [-0.3, -0.25) is 19.5 Å². The molecule has 0 aliphatic rings. The van der Waals surface area contributed by atoms with Gasteiger partial charge in [-0.2, -0.15) is 0 Å². The highest BCUT2D eigenvalue weighted by Gasteiger charge is 2.27. The Labute approximate surface area is 105 Å². The Hall–Kier alpha value is -0.950. The van der Waals surface area contributed by atoms with E-state index in [1.807, 2.05) is 0 Å². The van der Waals surface area contributed by atoms with Crippen LogP contribution >= 0.6 is 7.60 Å². The van der Waals surface area contributed by atoms with Gasteiger partial charge in [0, 0.05) is 0 Å². The molecule has 0 aromatic carbocycles. The first kappa shape index (κ1) is 17.1. The van der Waals surface area contributed by atoms with Gasteiger partial charge in [0.1, 0.15) is 0 Å². The van der Waals surface area contributed by atoms with Crippen molar-refractivity contribution in [2.75, 3.05) is 19.5 Å². The summed E-state index contributed by atoms with van der Waals surface area (Å²) in [6.07, 6.45) is -0.761. The molecular weight excluding hydrogens is 263 g/mol. The molecule has 106 valence electrons. The number of hydrogen-bond donors (Lipinski definition) is 3. The zero-order chi connectivity index (χ0) is 14.2. The lowest BCUT2D eigenvalue weighted by Gasteiger charge is -2.20. The fourth-order valence-corrected chi connectivity index (χ4v) is 2.68. The van der Waals surface area contributed by atoms with Crippen LogP contribution in [-0.2, 0) is 23.2 Å². The molecular formula is C9H19N2O6P. The van der Waals surface area contributed by atoms with Crippen molar-refractivity contribution in [3.63, 3.8) is 0 Å². The number of hydrogen-bond acceptors (Lipinski definition) is 6. The van der Waals surface area contributed by atoms with Crippen molar-refractivity contribution in [2.24, 2.45) is 5.73 Å². The van der Waals surface area contributed by atoms with Crippen molar-refractivity contribution in [3.8, 4) is 0 Å². The lowest BCUT2D eigenvalue weighted by molar-refractivity contribution is -0.139. The van der Waals surface area contributed by atoms with Crippen LogP contribution in [0.4, 0.5) is 0 Å². The second kappa shape index (κ2) is 8.20. The van der Waals surface area contributed by atoms with Gasteiger partial charge in [-0.25, -0.2) is 0 Å². The normalized spacial score (nSPS) is 13.2. The number of carboxylic acid groups (broad SMARTS) is 1. The Balaban J connectivity index is 4.50. The number of primary amides is 1. The second-order valence-electron chi connectivity index (χ2n) is 3.36. The Morgan fingerprint density at radius 2 is 1.83 bits per heavy atom. The molecule has 18 heavy (non-hydrogen) atoms. The summed E-state index contributed by atoms with van der Waals surface area (Å²) < 4.78 is 22.0. The molecule has 9 heteroatoms. The number of rotatable bonds is 10. The van der Waals surface area contributed by atoms with E-state index in [9.17, 15) is 14.2 Å². The molecule has 0 heterocycles. The van der Waals surface area contributed by atoms with Gasteiger partial charge in [0.15, 0.2) is 0 Å². The first-order valence-electron chi connectivity index (χ1n) is 5.47. The largest absolute Gasteiger partial charge is 0.481 e. The first-order chi connectivity index (χ1) is 8.34. The Morgan fingerprint density at radius 3 is 2.17 bits per heavy atom. The highest BCUT2D eigenvalue weighted by atomic mass is 31.2. The summed E-state index contributed by atoms with van der Waals surface area (Å²) in [7, 11) is -3.37. The van der Waals surface area contributed by atoms with Crippen molar-refractivity contribution in [2.45, 2.75) is 26.3 Å². The number of nitrogens with two attached hydrogens (primary N) is 1. The number of carboxylic acids is 1. The summed E-state index contributed by atoms with van der Waals surface area (Å²) in [6.45, 7) is 3.65. The van der Waals surface area contributed by atoms with Crippen molar-refractivity contribution in [1.82, 2.24) is 5.32 Å². The molecule has 1 atom stereocenters. The maximum Gasteiger partial charge on any atom is 0.344 e. The third kappa shape index (κ3) is 6.70. The topological polar surface area (TPSA) is 128 Å². The number of nitrogens with one attached hydrogen (secondary N) is 1. The maximum atomic E-state index is 12.0. The predicted octanol–water partition coefficient (Wildman–Crippen LogP) is 0.128. The van der Waals surface area contributed by atoms with Crippen molar-refractivity contribution >= 4 is 19.5 Å². The van der Waals surface area contributed by atoms with Gasteiger partial charge < -0.3 is 19.9 Å². The van der Waals surface area contributed by atoms with Gasteiger partial charge in [-0.15, -0.1) is 0 Å². The van der Waals surface area contributed by atoms with Crippen molar-refractivity contribution < 1.29 is 28.3 Å². The number of carbonyl (C=O) groups excluding carboxylic acids is 1. The summed E-state index contributed by atoms with van der Waals surface area (Å²) in [4.78, 5) is 21.5. The maximum absolute atomic E-state index is 12.0. The number of carbonyl (C=O) groups is 2. The molecule has 8 nitrogen and oxygen atoms in total. The highest BCUT2D eigenvalue weighted by Crippen LogP contribution is 2.46. The van der Waals surface area contributed by atoms with E-state index in [4.69, 9.17) is 19.9 Å². The summed E-state index contributed by atoms with van der Waals surface area (Å²) in [5, 5.41) is 11.1. The predicted molar refractivity (Wildman–Crippen MR) is 64.1 cm³/mol. The molecule has 0 aromatic rings. The third-order valence-corrected chi connectivity index (χ3v) is 3.78.